The van der Waals surface area contributed by atoms with Gasteiger partial charge in [0.05, 0.1) is 12.2 Å². The number of hydrogen-bond donors (Lipinski definition) is 0. The summed E-state index contributed by atoms with van der Waals surface area (Å²) in [5.41, 5.74) is 1.47. The van der Waals surface area contributed by atoms with Crippen molar-refractivity contribution in [3.05, 3.63) is 29.7 Å². The lowest BCUT2D eigenvalue weighted by atomic mass is 10.0. The van der Waals surface area contributed by atoms with Gasteiger partial charge in [-0.15, -0.1) is 0 Å². The number of benzene rings is 1. The smallest absolute Gasteiger partial charge is 0.258 e. The second-order valence-corrected chi connectivity index (χ2v) is 6.30. The van der Waals surface area contributed by atoms with Crippen LogP contribution in [0.25, 0.3) is 11.4 Å². The van der Waals surface area contributed by atoms with Crippen molar-refractivity contribution in [2.24, 2.45) is 0 Å². The fourth-order valence-corrected chi connectivity index (χ4v) is 2.81. The Kier molecular flexibility index (Phi) is 5.16. The summed E-state index contributed by atoms with van der Waals surface area (Å²) in [5.74, 6) is 1.82. The molecule has 0 radical (unpaired) electrons. The molecule has 0 aliphatic carbocycles. The first-order valence-corrected chi connectivity index (χ1v) is 8.33. The minimum Gasteiger partial charge on any atom is -0.493 e. The number of methoxy groups -OCH3 is 1. The third kappa shape index (κ3) is 3.60. The van der Waals surface area contributed by atoms with Crippen molar-refractivity contribution in [2.75, 3.05) is 26.9 Å². The molecular formula is C18H24N2O4. The molecule has 2 heterocycles. The summed E-state index contributed by atoms with van der Waals surface area (Å²) in [4.78, 5) is 4.56. The standard InChI is InChI=1S/C18H24N2O4/c1-13-6-7-14(15(12-13)22-10-5-9-21-3)16-19-17(24-20-16)18(2)8-4-11-23-18/h6-7,12H,4-5,8-11H2,1-3H3. The average molecular weight is 332 g/mol. The van der Waals surface area contributed by atoms with Gasteiger partial charge in [0.1, 0.15) is 11.4 Å². The molecule has 0 N–H and O–H groups in total. The van der Waals surface area contributed by atoms with Crippen molar-refractivity contribution in [1.29, 1.82) is 0 Å². The molecule has 6 heteroatoms. The Hall–Kier alpha value is -1.92. The van der Waals surface area contributed by atoms with E-state index >= 15 is 0 Å². The molecule has 1 unspecified atom stereocenters. The van der Waals surface area contributed by atoms with Gasteiger partial charge < -0.3 is 18.7 Å². The van der Waals surface area contributed by atoms with Gasteiger partial charge in [0.25, 0.3) is 5.89 Å². The highest BCUT2D eigenvalue weighted by Gasteiger charge is 2.37. The molecule has 24 heavy (non-hydrogen) atoms. The van der Waals surface area contributed by atoms with Gasteiger partial charge in [0.2, 0.25) is 5.82 Å². The highest BCUT2D eigenvalue weighted by molar-refractivity contribution is 5.64. The molecule has 1 atom stereocenters. The Balaban J connectivity index is 1.82. The van der Waals surface area contributed by atoms with E-state index in [1.54, 1.807) is 7.11 Å². The van der Waals surface area contributed by atoms with Crippen LogP contribution in [-0.4, -0.2) is 37.1 Å². The van der Waals surface area contributed by atoms with Crippen LogP contribution >= 0.6 is 0 Å². The molecule has 1 aliphatic heterocycles. The van der Waals surface area contributed by atoms with Crippen molar-refractivity contribution in [3.63, 3.8) is 0 Å². The number of aromatic nitrogens is 2. The first kappa shape index (κ1) is 16.9. The Labute approximate surface area is 142 Å². The van der Waals surface area contributed by atoms with Gasteiger partial charge in [-0.05, 0) is 44.4 Å². The molecule has 1 aromatic heterocycles. The lowest BCUT2D eigenvalue weighted by molar-refractivity contribution is -0.00937. The zero-order chi connectivity index (χ0) is 17.0. The number of aryl methyl sites for hydroxylation is 1. The van der Waals surface area contributed by atoms with Crippen LogP contribution in [-0.2, 0) is 15.1 Å². The summed E-state index contributed by atoms with van der Waals surface area (Å²) in [7, 11) is 1.69. The molecule has 0 amide bonds. The van der Waals surface area contributed by atoms with Crippen molar-refractivity contribution in [1.82, 2.24) is 10.1 Å². The lowest BCUT2D eigenvalue weighted by Crippen LogP contribution is -2.20. The fraction of sp³-hybridized carbons (Fsp3) is 0.556. The van der Waals surface area contributed by atoms with Crippen molar-refractivity contribution in [3.8, 4) is 17.1 Å². The maximum atomic E-state index is 5.90. The summed E-state index contributed by atoms with van der Waals surface area (Å²) in [6.07, 6.45) is 2.72. The Bertz CT molecular complexity index is 677. The van der Waals surface area contributed by atoms with Crippen molar-refractivity contribution in [2.45, 2.75) is 38.7 Å². The minimum atomic E-state index is -0.477. The van der Waals surface area contributed by atoms with Crippen LogP contribution in [0.4, 0.5) is 0 Å². The molecule has 0 bridgehead atoms. The molecule has 0 spiro atoms. The van der Waals surface area contributed by atoms with E-state index in [9.17, 15) is 0 Å². The molecule has 1 aliphatic rings. The van der Waals surface area contributed by atoms with E-state index in [1.165, 1.54) is 0 Å². The number of nitrogens with zero attached hydrogens (tertiary/aromatic N) is 2. The summed E-state index contributed by atoms with van der Waals surface area (Å²) in [6, 6.07) is 5.97. The number of hydrogen-bond acceptors (Lipinski definition) is 6. The fourth-order valence-electron chi connectivity index (χ4n) is 2.81. The maximum Gasteiger partial charge on any atom is 0.258 e. The zero-order valence-corrected chi connectivity index (χ0v) is 14.5. The number of rotatable bonds is 7. The molecule has 1 fully saturated rings. The molecule has 2 aromatic rings. The first-order chi connectivity index (χ1) is 11.6. The topological polar surface area (TPSA) is 66.6 Å². The van der Waals surface area contributed by atoms with Gasteiger partial charge in [-0.2, -0.15) is 4.98 Å². The van der Waals surface area contributed by atoms with Gasteiger partial charge in [-0.3, -0.25) is 0 Å². The normalized spacial score (nSPS) is 20.5. The number of ether oxygens (including phenoxy) is 3. The molecular weight excluding hydrogens is 308 g/mol. The van der Waals surface area contributed by atoms with Crippen LogP contribution < -0.4 is 4.74 Å². The van der Waals surface area contributed by atoms with Gasteiger partial charge in [-0.1, -0.05) is 11.2 Å². The predicted molar refractivity (Wildman–Crippen MR) is 89.0 cm³/mol. The van der Waals surface area contributed by atoms with E-state index in [0.717, 1.165) is 42.7 Å². The third-order valence-electron chi connectivity index (χ3n) is 4.23. The van der Waals surface area contributed by atoms with Gasteiger partial charge >= 0.3 is 0 Å². The predicted octanol–water partition coefficient (Wildman–Crippen LogP) is 3.49. The molecule has 1 aromatic carbocycles. The van der Waals surface area contributed by atoms with E-state index < -0.39 is 5.60 Å². The van der Waals surface area contributed by atoms with Crippen molar-refractivity contribution >= 4 is 0 Å². The van der Waals surface area contributed by atoms with Crippen LogP contribution in [0, 0.1) is 6.92 Å². The molecule has 6 nitrogen and oxygen atoms in total. The minimum absolute atomic E-state index is 0.477. The van der Waals surface area contributed by atoms with Gasteiger partial charge in [0, 0.05) is 26.7 Å². The Morgan fingerprint density at radius 2 is 2.17 bits per heavy atom. The summed E-state index contributed by atoms with van der Waals surface area (Å²) in [6.45, 7) is 6.00. The quantitative estimate of drug-likeness (QED) is 0.723. The van der Waals surface area contributed by atoms with Crippen LogP contribution in [0.2, 0.25) is 0 Å². The average Bonchev–Trinajstić information content (AvgIpc) is 3.22. The first-order valence-electron chi connectivity index (χ1n) is 8.33. The van der Waals surface area contributed by atoms with E-state index in [-0.39, 0.29) is 0 Å². The molecule has 1 saturated heterocycles. The monoisotopic (exact) mass is 332 g/mol. The van der Waals surface area contributed by atoms with E-state index in [0.29, 0.717) is 24.9 Å². The molecule has 0 saturated carbocycles. The second-order valence-electron chi connectivity index (χ2n) is 6.30. The summed E-state index contributed by atoms with van der Waals surface area (Å²) in [5, 5.41) is 4.14. The van der Waals surface area contributed by atoms with Crippen LogP contribution in [0.3, 0.4) is 0 Å². The summed E-state index contributed by atoms with van der Waals surface area (Å²) < 4.78 is 22.2. The van der Waals surface area contributed by atoms with Crippen LogP contribution in [0.1, 0.15) is 37.6 Å². The molecule has 130 valence electrons. The van der Waals surface area contributed by atoms with E-state index in [4.69, 9.17) is 18.7 Å². The van der Waals surface area contributed by atoms with Crippen molar-refractivity contribution < 1.29 is 18.7 Å². The highest BCUT2D eigenvalue weighted by atomic mass is 16.5. The van der Waals surface area contributed by atoms with Crippen LogP contribution in [0.15, 0.2) is 22.7 Å². The van der Waals surface area contributed by atoms with Gasteiger partial charge in [-0.25, -0.2) is 0 Å². The van der Waals surface area contributed by atoms with E-state index in [1.807, 2.05) is 32.0 Å². The zero-order valence-electron chi connectivity index (χ0n) is 14.5. The van der Waals surface area contributed by atoms with E-state index in [2.05, 4.69) is 10.1 Å². The molecule has 3 rings (SSSR count). The second kappa shape index (κ2) is 7.32. The third-order valence-corrected chi connectivity index (χ3v) is 4.23. The Morgan fingerprint density at radius 1 is 1.29 bits per heavy atom. The lowest BCUT2D eigenvalue weighted by Gasteiger charge is -2.17. The van der Waals surface area contributed by atoms with Crippen LogP contribution in [0.5, 0.6) is 5.75 Å². The SMILES string of the molecule is COCCCOc1cc(C)ccc1-c1noc(C2(C)CCCO2)n1. The Morgan fingerprint density at radius 3 is 2.92 bits per heavy atom. The van der Waals surface area contributed by atoms with Gasteiger partial charge in [0.15, 0.2) is 0 Å². The summed E-state index contributed by atoms with van der Waals surface area (Å²) >= 11 is 0. The highest BCUT2D eigenvalue weighted by Crippen LogP contribution is 2.36. The maximum absolute atomic E-state index is 5.90. The largest absolute Gasteiger partial charge is 0.493 e.